The van der Waals surface area contributed by atoms with Crippen molar-refractivity contribution in [2.24, 2.45) is 5.73 Å². The minimum atomic E-state index is -0.0328. The maximum Gasteiger partial charge on any atom is 0.118 e. The van der Waals surface area contributed by atoms with Gasteiger partial charge in [-0.25, -0.2) is 4.68 Å². The standard InChI is InChI=1S/C13H18N4O/c1-3-12(14)13-9-17(16-15-13)8-10-4-6-11(18-2)7-5-10/h4-7,9,12H,3,8,14H2,1-2H3. The summed E-state index contributed by atoms with van der Waals surface area (Å²) in [4.78, 5) is 0. The fourth-order valence-corrected chi connectivity index (χ4v) is 1.69. The van der Waals surface area contributed by atoms with E-state index in [0.29, 0.717) is 6.54 Å². The molecule has 2 aromatic rings. The van der Waals surface area contributed by atoms with E-state index in [4.69, 9.17) is 10.5 Å². The van der Waals surface area contributed by atoms with Crippen molar-refractivity contribution in [3.8, 4) is 5.75 Å². The molecule has 0 radical (unpaired) electrons. The molecule has 0 saturated carbocycles. The lowest BCUT2D eigenvalue weighted by Crippen LogP contribution is -2.08. The Bertz CT molecular complexity index is 492. The van der Waals surface area contributed by atoms with Gasteiger partial charge in [0.1, 0.15) is 5.75 Å². The summed E-state index contributed by atoms with van der Waals surface area (Å²) in [6.07, 6.45) is 2.76. The van der Waals surface area contributed by atoms with Crippen molar-refractivity contribution in [3.63, 3.8) is 0 Å². The Labute approximate surface area is 107 Å². The molecule has 5 heteroatoms. The van der Waals surface area contributed by atoms with Crippen LogP contribution in [0.4, 0.5) is 0 Å². The Morgan fingerprint density at radius 1 is 1.33 bits per heavy atom. The first kappa shape index (κ1) is 12.6. The lowest BCUT2D eigenvalue weighted by atomic mass is 10.2. The Morgan fingerprint density at radius 3 is 2.67 bits per heavy atom. The summed E-state index contributed by atoms with van der Waals surface area (Å²) in [5.74, 6) is 0.853. The van der Waals surface area contributed by atoms with Crippen LogP contribution in [0.3, 0.4) is 0 Å². The Balaban J connectivity index is 2.06. The second-order valence-electron chi connectivity index (χ2n) is 4.20. The number of rotatable bonds is 5. The molecule has 2 rings (SSSR count). The SMILES string of the molecule is CCC(N)c1cn(Cc2ccc(OC)cc2)nn1. The van der Waals surface area contributed by atoms with Crippen molar-refractivity contribution in [1.29, 1.82) is 0 Å². The highest BCUT2D eigenvalue weighted by atomic mass is 16.5. The monoisotopic (exact) mass is 246 g/mol. The van der Waals surface area contributed by atoms with Gasteiger partial charge in [0.25, 0.3) is 0 Å². The molecule has 1 atom stereocenters. The summed E-state index contributed by atoms with van der Waals surface area (Å²) >= 11 is 0. The van der Waals surface area contributed by atoms with E-state index in [-0.39, 0.29) is 6.04 Å². The Morgan fingerprint density at radius 2 is 2.06 bits per heavy atom. The molecule has 0 spiro atoms. The molecule has 96 valence electrons. The van der Waals surface area contributed by atoms with Crippen molar-refractivity contribution in [1.82, 2.24) is 15.0 Å². The number of ether oxygens (including phenoxy) is 1. The van der Waals surface area contributed by atoms with Gasteiger partial charge in [-0.05, 0) is 24.1 Å². The van der Waals surface area contributed by atoms with Crippen LogP contribution in [0.1, 0.15) is 30.6 Å². The summed E-state index contributed by atoms with van der Waals surface area (Å²) in [5.41, 5.74) is 7.90. The number of benzene rings is 1. The molecule has 5 nitrogen and oxygen atoms in total. The molecule has 18 heavy (non-hydrogen) atoms. The highest BCUT2D eigenvalue weighted by Gasteiger charge is 2.08. The van der Waals surface area contributed by atoms with Crippen LogP contribution in [-0.2, 0) is 6.54 Å². The van der Waals surface area contributed by atoms with E-state index in [9.17, 15) is 0 Å². The van der Waals surface area contributed by atoms with Crippen molar-refractivity contribution in [2.75, 3.05) is 7.11 Å². The van der Waals surface area contributed by atoms with Gasteiger partial charge < -0.3 is 10.5 Å². The van der Waals surface area contributed by atoms with Crippen LogP contribution in [0.25, 0.3) is 0 Å². The average molecular weight is 246 g/mol. The van der Waals surface area contributed by atoms with Crippen LogP contribution in [0.2, 0.25) is 0 Å². The fourth-order valence-electron chi connectivity index (χ4n) is 1.69. The fraction of sp³-hybridized carbons (Fsp3) is 0.385. The number of methoxy groups -OCH3 is 1. The van der Waals surface area contributed by atoms with Crippen molar-refractivity contribution in [2.45, 2.75) is 25.9 Å². The van der Waals surface area contributed by atoms with Gasteiger partial charge in [0, 0.05) is 0 Å². The number of nitrogens with two attached hydrogens (primary N) is 1. The topological polar surface area (TPSA) is 66.0 Å². The molecule has 0 amide bonds. The average Bonchev–Trinajstić information content (AvgIpc) is 2.87. The Hall–Kier alpha value is -1.88. The van der Waals surface area contributed by atoms with E-state index in [1.165, 1.54) is 0 Å². The van der Waals surface area contributed by atoms with E-state index < -0.39 is 0 Å². The molecule has 0 aliphatic carbocycles. The third kappa shape index (κ3) is 2.87. The summed E-state index contributed by atoms with van der Waals surface area (Å²) < 4.78 is 6.92. The van der Waals surface area contributed by atoms with Crippen LogP contribution in [0.5, 0.6) is 5.75 Å². The third-order valence-electron chi connectivity index (χ3n) is 2.88. The highest BCUT2D eigenvalue weighted by Crippen LogP contribution is 2.13. The largest absolute Gasteiger partial charge is 0.497 e. The van der Waals surface area contributed by atoms with E-state index in [1.54, 1.807) is 11.8 Å². The van der Waals surface area contributed by atoms with Gasteiger partial charge in [-0.2, -0.15) is 0 Å². The first-order valence-corrected chi connectivity index (χ1v) is 6.01. The normalized spacial score (nSPS) is 12.4. The summed E-state index contributed by atoms with van der Waals surface area (Å²) in [7, 11) is 1.66. The van der Waals surface area contributed by atoms with E-state index in [1.807, 2.05) is 37.4 Å². The molecular formula is C13H18N4O. The predicted molar refractivity (Wildman–Crippen MR) is 69.3 cm³/mol. The zero-order valence-electron chi connectivity index (χ0n) is 10.7. The molecule has 0 saturated heterocycles. The maximum atomic E-state index is 5.91. The van der Waals surface area contributed by atoms with Crippen LogP contribution in [0.15, 0.2) is 30.5 Å². The van der Waals surface area contributed by atoms with Gasteiger partial charge in [0.05, 0.1) is 31.6 Å². The molecule has 1 aromatic carbocycles. The number of nitrogens with zero attached hydrogens (tertiary/aromatic N) is 3. The smallest absolute Gasteiger partial charge is 0.118 e. The van der Waals surface area contributed by atoms with Crippen LogP contribution in [0, 0.1) is 0 Å². The van der Waals surface area contributed by atoms with Crippen LogP contribution < -0.4 is 10.5 Å². The minimum Gasteiger partial charge on any atom is -0.497 e. The summed E-state index contributed by atoms with van der Waals surface area (Å²) in [5, 5.41) is 8.16. The van der Waals surface area contributed by atoms with Crippen molar-refractivity contribution < 1.29 is 4.74 Å². The van der Waals surface area contributed by atoms with E-state index in [0.717, 1.165) is 23.4 Å². The summed E-state index contributed by atoms with van der Waals surface area (Å²) in [6.45, 7) is 2.72. The molecule has 0 bridgehead atoms. The lowest BCUT2D eigenvalue weighted by molar-refractivity contribution is 0.414. The molecule has 1 unspecified atom stereocenters. The summed E-state index contributed by atoms with van der Waals surface area (Å²) in [6, 6.07) is 7.87. The molecule has 0 fully saturated rings. The minimum absolute atomic E-state index is 0.0328. The quantitative estimate of drug-likeness (QED) is 0.872. The van der Waals surface area contributed by atoms with Gasteiger partial charge >= 0.3 is 0 Å². The molecule has 0 aliphatic rings. The first-order chi connectivity index (χ1) is 8.72. The Kier molecular flexibility index (Phi) is 3.94. The zero-order chi connectivity index (χ0) is 13.0. The highest BCUT2D eigenvalue weighted by molar-refractivity contribution is 5.27. The third-order valence-corrected chi connectivity index (χ3v) is 2.88. The van der Waals surface area contributed by atoms with E-state index >= 15 is 0 Å². The number of aromatic nitrogens is 3. The zero-order valence-corrected chi connectivity index (χ0v) is 10.7. The van der Waals surface area contributed by atoms with Gasteiger partial charge in [0.2, 0.25) is 0 Å². The lowest BCUT2D eigenvalue weighted by Gasteiger charge is -2.04. The second-order valence-corrected chi connectivity index (χ2v) is 4.20. The van der Waals surface area contributed by atoms with Crippen LogP contribution in [-0.4, -0.2) is 22.1 Å². The van der Waals surface area contributed by atoms with Gasteiger partial charge in [-0.3, -0.25) is 0 Å². The van der Waals surface area contributed by atoms with Gasteiger partial charge in [0.15, 0.2) is 0 Å². The first-order valence-electron chi connectivity index (χ1n) is 6.01. The van der Waals surface area contributed by atoms with Gasteiger partial charge in [-0.15, -0.1) is 5.10 Å². The molecular weight excluding hydrogens is 228 g/mol. The van der Waals surface area contributed by atoms with Crippen molar-refractivity contribution in [3.05, 3.63) is 41.7 Å². The molecule has 1 aromatic heterocycles. The number of hydrogen-bond acceptors (Lipinski definition) is 4. The van der Waals surface area contributed by atoms with Crippen LogP contribution >= 0.6 is 0 Å². The maximum absolute atomic E-state index is 5.91. The second kappa shape index (κ2) is 5.64. The number of hydrogen-bond donors (Lipinski definition) is 1. The molecule has 2 N–H and O–H groups in total. The van der Waals surface area contributed by atoms with E-state index in [2.05, 4.69) is 10.3 Å². The van der Waals surface area contributed by atoms with Gasteiger partial charge in [-0.1, -0.05) is 24.3 Å². The van der Waals surface area contributed by atoms with Crippen molar-refractivity contribution >= 4 is 0 Å². The molecule has 1 heterocycles. The predicted octanol–water partition coefficient (Wildman–Crippen LogP) is 1.74. The molecule has 0 aliphatic heterocycles.